The van der Waals surface area contributed by atoms with Crippen LogP contribution in [0.2, 0.25) is 0 Å². The number of imidazole rings is 1. The molecule has 3 aromatic rings. The Labute approximate surface area is 246 Å². The number of rotatable bonds is 11. The van der Waals surface area contributed by atoms with Crippen LogP contribution in [-0.4, -0.2) is 105 Å². The topological polar surface area (TPSA) is 318 Å². The van der Waals surface area contributed by atoms with E-state index in [1.807, 2.05) is 0 Å². The molecule has 6 unspecified atom stereocenters. The van der Waals surface area contributed by atoms with Crippen LogP contribution in [0.4, 0.5) is 5.82 Å². The second kappa shape index (κ2) is 12.4. The number of primary amides is 1. The van der Waals surface area contributed by atoms with Crippen LogP contribution < -0.4 is 16.0 Å². The van der Waals surface area contributed by atoms with E-state index in [0.717, 1.165) is 6.33 Å². The van der Waals surface area contributed by atoms with Gasteiger partial charge in [0.2, 0.25) is 0 Å². The normalized spacial score (nSPS) is 31.6. The fourth-order valence-corrected chi connectivity index (χ4v) is 6.67. The molecule has 21 nitrogen and oxygen atoms in total. The minimum atomic E-state index is -5.37. The zero-order valence-electron chi connectivity index (χ0n) is 22.2. The third kappa shape index (κ3) is 6.65. The van der Waals surface area contributed by atoms with Crippen molar-refractivity contribution in [3.8, 4) is 0 Å². The molecule has 0 saturated carbocycles. The van der Waals surface area contributed by atoms with Crippen molar-refractivity contribution in [1.29, 1.82) is 0 Å². The Morgan fingerprint density at radius 3 is 2.27 bits per heavy atom. The molecule has 0 bridgehead atoms. The van der Waals surface area contributed by atoms with Crippen molar-refractivity contribution in [1.82, 2.24) is 19.5 Å². The zero-order chi connectivity index (χ0) is 32.0. The average Bonchev–Trinajstić information content (AvgIpc) is 3.61. The van der Waals surface area contributed by atoms with Gasteiger partial charge in [0.15, 0.2) is 36.2 Å². The summed E-state index contributed by atoms with van der Waals surface area (Å²) in [4.78, 5) is 43.3. The highest BCUT2D eigenvalue weighted by Gasteiger charge is 2.50. The molecule has 23 heteroatoms. The van der Waals surface area contributed by atoms with Crippen molar-refractivity contribution in [3.05, 3.63) is 42.7 Å². The Balaban J connectivity index is 1.16. The molecule has 10 atom stereocenters. The SMILES string of the molecule is NC(=O)c1ccc[n+]([13CH]2O[13CH]([13CH2]OP(=O)(O)OP(=O)(O)OC[C@H]3O[C@@H](n4cnc5c(N)ncnc54)[C@H](O)[C@@H]3O)[13CH](O)[13CH]2O)c1. The van der Waals surface area contributed by atoms with Gasteiger partial charge in [-0.1, -0.05) is 0 Å². The van der Waals surface area contributed by atoms with E-state index in [4.69, 9.17) is 25.5 Å². The minimum absolute atomic E-state index is 0.0505. The van der Waals surface area contributed by atoms with Gasteiger partial charge in [0.25, 0.3) is 12.1 Å². The number of ether oxygens (including phenoxy) is 2. The summed E-state index contributed by atoms with van der Waals surface area (Å²) in [6.45, 7) is -1.80. The number of anilines is 1. The molecule has 2 fully saturated rings. The molecule has 5 rings (SSSR count). The summed E-state index contributed by atoms with van der Waals surface area (Å²) < 4.78 is 52.0. The first-order valence-electron chi connectivity index (χ1n) is 12.6. The van der Waals surface area contributed by atoms with Gasteiger partial charge in [-0.3, -0.25) is 18.4 Å². The van der Waals surface area contributed by atoms with Gasteiger partial charge in [-0.15, -0.1) is 0 Å². The van der Waals surface area contributed by atoms with Gasteiger partial charge in [0.1, 0.15) is 47.9 Å². The van der Waals surface area contributed by atoms with E-state index in [9.17, 15) is 44.1 Å². The number of phosphoric acid groups is 2. The molecule has 10 N–H and O–H groups in total. The molecule has 3 aromatic heterocycles. The number of hydrogen-bond donors (Lipinski definition) is 8. The second-order valence-corrected chi connectivity index (χ2v) is 12.7. The first-order chi connectivity index (χ1) is 20.7. The van der Waals surface area contributed by atoms with E-state index in [2.05, 4.69) is 23.8 Å². The summed E-state index contributed by atoms with van der Waals surface area (Å²) >= 11 is 0. The lowest BCUT2D eigenvalue weighted by atomic mass is 10.1. The summed E-state index contributed by atoms with van der Waals surface area (Å²) in [6.07, 6.45) is -6.85. The van der Waals surface area contributed by atoms with Crippen LogP contribution in [0.15, 0.2) is 37.2 Å². The van der Waals surface area contributed by atoms with Crippen molar-refractivity contribution in [3.63, 3.8) is 0 Å². The van der Waals surface area contributed by atoms with Gasteiger partial charge in [0.05, 0.1) is 19.5 Å². The number of nitrogens with two attached hydrogens (primary N) is 2. The molecule has 2 aliphatic rings. The van der Waals surface area contributed by atoms with Gasteiger partial charge < -0.3 is 51.2 Å². The third-order valence-electron chi connectivity index (χ3n) is 6.75. The maximum atomic E-state index is 12.4. The standard InChI is InChI=1S/C21H27N7O14P2/c22-17-12-19(25-7-24-17)28(8-26-12)21-16(32)14(30)11(41-21)6-39-44(36,37)42-43(34,35)38-5-10-13(29)15(31)20(40-10)27-3-1-2-9(4-27)18(23)33/h1-4,7-8,10-11,13-16,20-21,29-32H,5-6H2,(H5-,22,23,24,25,33,34,35,36,37)/p+1/t10?,11-,13?,14-,15?,16-,20?,21-/m1/s1/i5+1,10+1,13+1,15+1,20+1. The van der Waals surface area contributed by atoms with E-state index in [-0.39, 0.29) is 22.5 Å². The Bertz CT molecular complexity index is 1630. The predicted octanol–water partition coefficient (Wildman–Crippen LogP) is -3.02. The van der Waals surface area contributed by atoms with Crippen molar-refractivity contribution in [2.24, 2.45) is 5.73 Å². The number of amides is 1. The van der Waals surface area contributed by atoms with Crippen LogP contribution in [0.1, 0.15) is 22.8 Å². The van der Waals surface area contributed by atoms with Gasteiger partial charge >= 0.3 is 15.6 Å². The second-order valence-electron chi connectivity index (χ2n) is 9.69. The molecule has 1 amide bonds. The number of nitrogen functional groups attached to an aromatic ring is 1. The number of pyridine rings is 1. The maximum absolute atomic E-state index is 12.4. The Kier molecular flexibility index (Phi) is 9.13. The lowest BCUT2D eigenvalue weighted by Crippen LogP contribution is -2.46. The van der Waals surface area contributed by atoms with Crippen LogP contribution >= 0.6 is 15.6 Å². The molecule has 0 aromatic carbocycles. The molecule has 44 heavy (non-hydrogen) atoms. The van der Waals surface area contributed by atoms with Crippen LogP contribution in [0.5, 0.6) is 0 Å². The van der Waals surface area contributed by atoms with E-state index < -0.39 is 83.8 Å². The monoisotopic (exact) mass is 669 g/mol. The van der Waals surface area contributed by atoms with E-state index in [1.165, 1.54) is 40.0 Å². The molecule has 240 valence electrons. The summed E-state index contributed by atoms with van der Waals surface area (Å²) in [5, 5.41) is 41.6. The lowest BCUT2D eigenvalue weighted by Gasteiger charge is -2.20. The molecule has 5 heterocycles. The van der Waals surface area contributed by atoms with Crippen LogP contribution in [-0.2, 0) is 32.0 Å². The number of carbonyl (C=O) groups is 1. The van der Waals surface area contributed by atoms with Gasteiger partial charge in [-0.05, 0) is 6.07 Å². The highest BCUT2D eigenvalue weighted by Crippen LogP contribution is 2.60. The first-order valence-corrected chi connectivity index (χ1v) is 15.6. The summed E-state index contributed by atoms with van der Waals surface area (Å²) in [5.41, 5.74) is 11.4. The lowest BCUT2D eigenvalue weighted by molar-refractivity contribution is -0.765. The number of carbonyl (C=O) groups excluding carboxylic acids is 1. The summed E-state index contributed by atoms with van der Waals surface area (Å²) in [5.74, 6) is -0.714. The quantitative estimate of drug-likeness (QED) is 0.0572. The number of aliphatic hydroxyl groups is 4. The maximum Gasteiger partial charge on any atom is 0.481 e. The number of nitrogens with zero attached hydrogens (tertiary/aromatic N) is 5. The molecule has 0 aliphatic carbocycles. The molecule has 2 saturated heterocycles. The van der Waals surface area contributed by atoms with Crippen LogP contribution in [0.25, 0.3) is 11.2 Å². The van der Waals surface area contributed by atoms with E-state index in [0.29, 0.717) is 0 Å². The Hall–Kier alpha value is -3.01. The fourth-order valence-electron chi connectivity index (χ4n) is 4.58. The number of aliphatic hydroxyl groups excluding tert-OH is 4. The average molecular weight is 669 g/mol. The fraction of sp³-hybridized carbons (Fsp3) is 0.476. The van der Waals surface area contributed by atoms with Crippen molar-refractivity contribution in [2.45, 2.75) is 49.1 Å². The molecule has 0 spiro atoms. The third-order valence-corrected chi connectivity index (χ3v) is 9.35. The van der Waals surface area contributed by atoms with E-state index in [1.54, 1.807) is 0 Å². The Morgan fingerprint density at radius 2 is 1.61 bits per heavy atom. The van der Waals surface area contributed by atoms with Crippen molar-refractivity contribution in [2.75, 3.05) is 18.9 Å². The number of fused-ring (bicyclic) bond motifs is 1. The zero-order valence-corrected chi connectivity index (χ0v) is 24.0. The van der Waals surface area contributed by atoms with Crippen LogP contribution in [0, 0.1) is 0 Å². The summed E-state index contributed by atoms with van der Waals surface area (Å²) in [6, 6.07) is 2.83. The molecular formula is C21H28N7O14P2+. The highest BCUT2D eigenvalue weighted by molar-refractivity contribution is 7.61. The number of aromatic nitrogens is 5. The minimum Gasteiger partial charge on any atom is -0.387 e. The largest absolute Gasteiger partial charge is 0.481 e. The molecule has 0 radical (unpaired) electrons. The van der Waals surface area contributed by atoms with E-state index >= 15 is 0 Å². The number of hydrogen-bond acceptors (Lipinski definition) is 16. The number of phosphoric ester groups is 2. The van der Waals surface area contributed by atoms with Crippen LogP contribution in [0.3, 0.4) is 0 Å². The Morgan fingerprint density at radius 1 is 0.977 bits per heavy atom. The van der Waals surface area contributed by atoms with Gasteiger partial charge in [0, 0.05) is 6.07 Å². The van der Waals surface area contributed by atoms with Gasteiger partial charge in [-0.2, -0.15) is 8.88 Å². The first kappa shape index (κ1) is 32.4. The van der Waals surface area contributed by atoms with Gasteiger partial charge in [-0.25, -0.2) is 24.1 Å². The summed E-state index contributed by atoms with van der Waals surface area (Å²) in [7, 11) is -10.7. The van der Waals surface area contributed by atoms with Crippen molar-refractivity contribution < 1.29 is 71.5 Å². The highest BCUT2D eigenvalue weighted by atomic mass is 31.3. The molecular weight excluding hydrogens is 641 g/mol. The predicted molar refractivity (Wildman–Crippen MR) is 139 cm³/mol. The molecule has 2 aliphatic heterocycles. The van der Waals surface area contributed by atoms with Crippen molar-refractivity contribution >= 4 is 38.5 Å². The smallest absolute Gasteiger partial charge is 0.387 e.